The number of ether oxygens (including phenoxy) is 1. The summed E-state index contributed by atoms with van der Waals surface area (Å²) in [6, 6.07) is 0. The van der Waals surface area contributed by atoms with E-state index in [4.69, 9.17) is 4.74 Å². The number of aliphatic carboxylic acids is 1. The summed E-state index contributed by atoms with van der Waals surface area (Å²) in [6.07, 6.45) is 4.33. The van der Waals surface area contributed by atoms with Gasteiger partial charge in [-0.05, 0) is 43.9 Å². The first-order valence-corrected chi connectivity index (χ1v) is 5.54. The molecule has 0 aromatic heterocycles. The average Bonchev–Trinajstić information content (AvgIpc) is 2.76. The van der Waals surface area contributed by atoms with Gasteiger partial charge in [0.1, 0.15) is 6.10 Å². The zero-order valence-electron chi connectivity index (χ0n) is 8.61. The molecule has 0 spiro atoms. The molecular formula is C11H15O4-. The summed E-state index contributed by atoms with van der Waals surface area (Å²) in [6.45, 7) is 0. The highest BCUT2D eigenvalue weighted by molar-refractivity contribution is 5.75. The van der Waals surface area contributed by atoms with Gasteiger partial charge in [0.25, 0.3) is 0 Å². The molecule has 0 saturated heterocycles. The van der Waals surface area contributed by atoms with E-state index in [1.165, 1.54) is 12.8 Å². The van der Waals surface area contributed by atoms with Crippen molar-refractivity contribution in [2.45, 2.75) is 44.6 Å². The van der Waals surface area contributed by atoms with Crippen LogP contribution in [0.25, 0.3) is 0 Å². The summed E-state index contributed by atoms with van der Waals surface area (Å²) in [7, 11) is 0. The fourth-order valence-corrected chi connectivity index (χ4v) is 2.76. The molecule has 0 aromatic carbocycles. The summed E-state index contributed by atoms with van der Waals surface area (Å²) in [5.41, 5.74) is 0. The van der Waals surface area contributed by atoms with Crippen LogP contribution in [0.1, 0.15) is 38.5 Å². The van der Waals surface area contributed by atoms with Gasteiger partial charge in [-0.15, -0.1) is 0 Å². The maximum Gasteiger partial charge on any atom is 0.306 e. The molecule has 4 nitrogen and oxygen atoms in total. The van der Waals surface area contributed by atoms with Gasteiger partial charge in [-0.2, -0.15) is 0 Å². The van der Waals surface area contributed by atoms with E-state index in [-0.39, 0.29) is 18.9 Å². The van der Waals surface area contributed by atoms with E-state index in [0.717, 1.165) is 18.8 Å². The fourth-order valence-electron chi connectivity index (χ4n) is 2.76. The first-order valence-electron chi connectivity index (χ1n) is 5.54. The number of carboxylic acids is 1. The Morgan fingerprint density at radius 1 is 1.20 bits per heavy atom. The van der Waals surface area contributed by atoms with Crippen molar-refractivity contribution < 1.29 is 19.4 Å². The van der Waals surface area contributed by atoms with Gasteiger partial charge in [0.05, 0.1) is 6.42 Å². The Morgan fingerprint density at radius 2 is 2.00 bits per heavy atom. The number of carboxylic acid groups (broad SMARTS) is 1. The predicted molar refractivity (Wildman–Crippen MR) is 49.6 cm³/mol. The minimum Gasteiger partial charge on any atom is -0.550 e. The molecule has 3 atom stereocenters. The summed E-state index contributed by atoms with van der Waals surface area (Å²) in [5.74, 6) is -0.326. The van der Waals surface area contributed by atoms with E-state index in [2.05, 4.69) is 0 Å². The lowest BCUT2D eigenvalue weighted by molar-refractivity contribution is -0.305. The molecule has 0 unspecified atom stereocenters. The van der Waals surface area contributed by atoms with E-state index in [1.807, 2.05) is 0 Å². The van der Waals surface area contributed by atoms with Crippen LogP contribution >= 0.6 is 0 Å². The highest BCUT2D eigenvalue weighted by atomic mass is 16.5. The Kier molecular flexibility index (Phi) is 2.93. The maximum atomic E-state index is 11.3. The molecule has 0 aliphatic heterocycles. The number of carbonyl (C=O) groups is 2. The smallest absolute Gasteiger partial charge is 0.306 e. The van der Waals surface area contributed by atoms with Crippen molar-refractivity contribution in [1.29, 1.82) is 0 Å². The summed E-state index contributed by atoms with van der Waals surface area (Å²) in [5, 5.41) is 10.1. The number of carbonyl (C=O) groups excluding carboxylic acids is 2. The van der Waals surface area contributed by atoms with Gasteiger partial charge in [0.15, 0.2) is 0 Å². The molecule has 0 heterocycles. The zero-order chi connectivity index (χ0) is 10.8. The third-order valence-corrected chi connectivity index (χ3v) is 3.49. The van der Waals surface area contributed by atoms with Crippen LogP contribution in [0.2, 0.25) is 0 Å². The van der Waals surface area contributed by atoms with Gasteiger partial charge in [-0.1, -0.05) is 0 Å². The van der Waals surface area contributed by atoms with E-state index in [1.54, 1.807) is 0 Å². The quantitative estimate of drug-likeness (QED) is 0.625. The van der Waals surface area contributed by atoms with Crippen molar-refractivity contribution in [1.82, 2.24) is 0 Å². The van der Waals surface area contributed by atoms with Crippen molar-refractivity contribution in [3.05, 3.63) is 0 Å². The van der Waals surface area contributed by atoms with Crippen LogP contribution in [0, 0.1) is 11.8 Å². The van der Waals surface area contributed by atoms with Gasteiger partial charge >= 0.3 is 5.97 Å². The van der Waals surface area contributed by atoms with Crippen molar-refractivity contribution in [3.63, 3.8) is 0 Å². The number of esters is 1. The lowest BCUT2D eigenvalue weighted by atomic mass is 9.98. The molecule has 2 aliphatic rings. The third-order valence-electron chi connectivity index (χ3n) is 3.49. The lowest BCUT2D eigenvalue weighted by Gasteiger charge is -2.21. The van der Waals surface area contributed by atoms with Gasteiger partial charge in [-0.25, -0.2) is 0 Å². The molecule has 15 heavy (non-hydrogen) atoms. The van der Waals surface area contributed by atoms with Gasteiger partial charge in [0, 0.05) is 5.97 Å². The number of fused-ring (bicyclic) bond motifs is 2. The SMILES string of the molecule is O=C([O-])CCC(=O)O[C@H]1C[C@@H]2CC[C@H]1C2. The maximum absolute atomic E-state index is 11.3. The number of hydrogen-bond donors (Lipinski definition) is 0. The molecule has 84 valence electrons. The topological polar surface area (TPSA) is 66.4 Å². The molecular weight excluding hydrogens is 196 g/mol. The Morgan fingerprint density at radius 3 is 2.53 bits per heavy atom. The van der Waals surface area contributed by atoms with Crippen LogP contribution in [0.3, 0.4) is 0 Å². The normalized spacial score (nSPS) is 32.9. The summed E-state index contributed by atoms with van der Waals surface area (Å²) < 4.78 is 5.27. The zero-order valence-corrected chi connectivity index (χ0v) is 8.61. The van der Waals surface area contributed by atoms with E-state index in [0.29, 0.717) is 5.92 Å². The van der Waals surface area contributed by atoms with E-state index < -0.39 is 11.9 Å². The largest absolute Gasteiger partial charge is 0.550 e. The van der Waals surface area contributed by atoms with Crippen LogP contribution < -0.4 is 5.11 Å². The minimum atomic E-state index is -1.19. The Labute approximate surface area is 88.6 Å². The first kappa shape index (κ1) is 10.5. The Balaban J connectivity index is 1.73. The molecule has 4 heteroatoms. The standard InChI is InChI=1S/C11H16O4/c12-10(13)3-4-11(14)15-9-6-7-1-2-8(9)5-7/h7-9H,1-6H2,(H,12,13)/p-1/t7-,8+,9+/m1/s1. The van der Waals surface area contributed by atoms with Crippen LogP contribution in [-0.4, -0.2) is 18.0 Å². The molecule has 2 bridgehead atoms. The third kappa shape index (κ3) is 2.49. The minimum absolute atomic E-state index is 0.0537. The second kappa shape index (κ2) is 4.21. The molecule has 2 saturated carbocycles. The number of rotatable bonds is 4. The van der Waals surface area contributed by atoms with Crippen LogP contribution in [0.4, 0.5) is 0 Å². The predicted octanol–water partition coefficient (Wildman–Crippen LogP) is 0.248. The van der Waals surface area contributed by atoms with Crippen molar-refractivity contribution >= 4 is 11.9 Å². The molecule has 2 rings (SSSR count). The Bertz CT molecular complexity index is 274. The van der Waals surface area contributed by atoms with Gasteiger partial charge < -0.3 is 14.6 Å². The first-order chi connectivity index (χ1) is 7.15. The average molecular weight is 211 g/mol. The molecule has 2 aliphatic carbocycles. The molecule has 0 aromatic rings. The monoisotopic (exact) mass is 211 g/mol. The second-order valence-electron chi connectivity index (χ2n) is 4.58. The Hall–Kier alpha value is -1.06. The van der Waals surface area contributed by atoms with Crippen LogP contribution in [-0.2, 0) is 14.3 Å². The van der Waals surface area contributed by atoms with Crippen molar-refractivity contribution in [2.24, 2.45) is 11.8 Å². The highest BCUT2D eigenvalue weighted by Gasteiger charge is 2.41. The van der Waals surface area contributed by atoms with Crippen LogP contribution in [0.15, 0.2) is 0 Å². The van der Waals surface area contributed by atoms with Gasteiger partial charge in [0.2, 0.25) is 0 Å². The summed E-state index contributed by atoms with van der Waals surface area (Å²) in [4.78, 5) is 21.4. The highest BCUT2D eigenvalue weighted by Crippen LogP contribution is 2.45. The summed E-state index contributed by atoms with van der Waals surface area (Å²) >= 11 is 0. The van der Waals surface area contributed by atoms with Crippen molar-refractivity contribution in [3.8, 4) is 0 Å². The van der Waals surface area contributed by atoms with Gasteiger partial charge in [-0.3, -0.25) is 4.79 Å². The van der Waals surface area contributed by atoms with Crippen LogP contribution in [0.5, 0.6) is 0 Å². The molecule has 0 radical (unpaired) electrons. The molecule has 0 amide bonds. The van der Waals surface area contributed by atoms with E-state index >= 15 is 0 Å². The molecule has 0 N–H and O–H groups in total. The van der Waals surface area contributed by atoms with Crippen molar-refractivity contribution in [2.75, 3.05) is 0 Å². The number of hydrogen-bond acceptors (Lipinski definition) is 4. The lowest BCUT2D eigenvalue weighted by Crippen LogP contribution is -2.26. The second-order valence-corrected chi connectivity index (χ2v) is 4.58. The van der Waals surface area contributed by atoms with E-state index in [9.17, 15) is 14.7 Å². The molecule has 2 fully saturated rings. The fraction of sp³-hybridized carbons (Fsp3) is 0.818.